The number of rotatable bonds is 3. The summed E-state index contributed by atoms with van der Waals surface area (Å²) >= 11 is 11.9. The molecule has 0 radical (unpaired) electrons. The maximum Gasteiger partial charge on any atom is 0.255 e. The summed E-state index contributed by atoms with van der Waals surface area (Å²) in [6.45, 7) is 1.84. The van der Waals surface area contributed by atoms with E-state index < -0.39 is 0 Å². The molecule has 0 saturated carbocycles. The minimum atomic E-state index is -0.287. The molecule has 0 spiro atoms. The summed E-state index contributed by atoms with van der Waals surface area (Å²) in [6, 6.07) is 11.4. The van der Waals surface area contributed by atoms with E-state index in [0.29, 0.717) is 21.2 Å². The highest BCUT2D eigenvalue weighted by molar-refractivity contribution is 6.36. The highest BCUT2D eigenvalue weighted by Gasteiger charge is 2.22. The number of carbonyl (C=O) groups excluding carboxylic acids is 1. The Hall–Kier alpha value is -1.71. The Morgan fingerprint density at radius 2 is 1.86 bits per heavy atom. The quantitative estimate of drug-likeness (QED) is 0.901. The number of amides is 1. The summed E-state index contributed by atoms with van der Waals surface area (Å²) in [6.07, 6.45) is 0. The van der Waals surface area contributed by atoms with Crippen LogP contribution in [0.4, 0.5) is 0 Å². The first-order valence-corrected chi connectivity index (χ1v) is 7.17. The second-order valence-electron chi connectivity index (χ2n) is 4.78. The fraction of sp³-hybridized carbons (Fsp3) is 0.188. The van der Waals surface area contributed by atoms with Crippen molar-refractivity contribution in [1.82, 2.24) is 4.90 Å². The van der Waals surface area contributed by atoms with Crippen molar-refractivity contribution in [2.75, 3.05) is 7.05 Å². The van der Waals surface area contributed by atoms with Gasteiger partial charge < -0.3 is 10.0 Å². The lowest BCUT2D eigenvalue weighted by atomic mass is 10.1. The lowest BCUT2D eigenvalue weighted by Crippen LogP contribution is -2.29. The summed E-state index contributed by atoms with van der Waals surface area (Å²) in [4.78, 5) is 14.1. The molecule has 21 heavy (non-hydrogen) atoms. The normalized spacial score (nSPS) is 12.0. The molecule has 5 heteroatoms. The first-order chi connectivity index (χ1) is 9.91. The monoisotopic (exact) mass is 323 g/mol. The number of carbonyl (C=O) groups is 1. The number of phenols is 1. The van der Waals surface area contributed by atoms with E-state index >= 15 is 0 Å². The van der Waals surface area contributed by atoms with Crippen molar-refractivity contribution in [2.24, 2.45) is 0 Å². The lowest BCUT2D eigenvalue weighted by Gasteiger charge is -2.26. The molecular weight excluding hydrogens is 309 g/mol. The van der Waals surface area contributed by atoms with Crippen LogP contribution in [0, 0.1) is 0 Å². The molecule has 1 N–H and O–H groups in total. The van der Waals surface area contributed by atoms with Gasteiger partial charge in [-0.1, -0.05) is 41.4 Å². The number of hydrogen-bond donors (Lipinski definition) is 1. The van der Waals surface area contributed by atoms with Gasteiger partial charge in [0.25, 0.3) is 5.91 Å². The van der Waals surface area contributed by atoms with Crippen molar-refractivity contribution in [2.45, 2.75) is 13.0 Å². The van der Waals surface area contributed by atoms with E-state index in [1.807, 2.05) is 13.0 Å². The molecule has 2 rings (SSSR count). The van der Waals surface area contributed by atoms with Gasteiger partial charge in [-0.15, -0.1) is 0 Å². The highest BCUT2D eigenvalue weighted by atomic mass is 35.5. The molecule has 0 aliphatic carbocycles. The van der Waals surface area contributed by atoms with Crippen LogP contribution in [0.5, 0.6) is 5.75 Å². The molecule has 0 aliphatic heterocycles. The summed E-state index contributed by atoms with van der Waals surface area (Å²) in [5, 5.41) is 10.7. The van der Waals surface area contributed by atoms with Gasteiger partial charge in [0.15, 0.2) is 0 Å². The third kappa shape index (κ3) is 3.31. The van der Waals surface area contributed by atoms with E-state index in [1.54, 1.807) is 37.4 Å². The smallest absolute Gasteiger partial charge is 0.255 e. The molecule has 3 nitrogen and oxygen atoms in total. The number of para-hydroxylation sites is 1. The summed E-state index contributed by atoms with van der Waals surface area (Å²) < 4.78 is 0. The Morgan fingerprint density at radius 3 is 2.48 bits per heavy atom. The van der Waals surface area contributed by atoms with E-state index in [9.17, 15) is 9.90 Å². The van der Waals surface area contributed by atoms with Gasteiger partial charge in [0.1, 0.15) is 5.75 Å². The molecule has 0 heterocycles. The number of nitrogens with zero attached hydrogens (tertiary/aromatic N) is 1. The number of phenolic OH excluding ortho intramolecular Hbond substituents is 1. The van der Waals surface area contributed by atoms with Crippen molar-refractivity contribution >= 4 is 29.1 Å². The summed E-state index contributed by atoms with van der Waals surface area (Å²) in [5.41, 5.74) is 1.06. The fourth-order valence-electron chi connectivity index (χ4n) is 2.08. The van der Waals surface area contributed by atoms with E-state index in [-0.39, 0.29) is 17.7 Å². The van der Waals surface area contributed by atoms with Gasteiger partial charge in [-0.25, -0.2) is 0 Å². The minimum Gasteiger partial charge on any atom is -0.508 e. The van der Waals surface area contributed by atoms with Gasteiger partial charge >= 0.3 is 0 Å². The van der Waals surface area contributed by atoms with Crippen LogP contribution in [0.25, 0.3) is 0 Å². The van der Waals surface area contributed by atoms with Gasteiger partial charge in [0.2, 0.25) is 0 Å². The molecule has 0 saturated heterocycles. The van der Waals surface area contributed by atoms with Crippen molar-refractivity contribution < 1.29 is 9.90 Å². The zero-order valence-electron chi connectivity index (χ0n) is 11.7. The molecule has 0 aromatic heterocycles. The summed E-state index contributed by atoms with van der Waals surface area (Å²) in [5.74, 6) is -0.0701. The molecule has 0 aliphatic rings. The molecule has 0 bridgehead atoms. The lowest BCUT2D eigenvalue weighted by molar-refractivity contribution is 0.0741. The van der Waals surface area contributed by atoms with Crippen molar-refractivity contribution in [3.63, 3.8) is 0 Å². The van der Waals surface area contributed by atoms with Crippen LogP contribution in [0.1, 0.15) is 28.9 Å². The molecular formula is C16H15Cl2NO2. The maximum absolute atomic E-state index is 12.5. The van der Waals surface area contributed by atoms with Crippen molar-refractivity contribution in [3.8, 4) is 5.75 Å². The van der Waals surface area contributed by atoms with Gasteiger partial charge in [-0.3, -0.25) is 4.79 Å². The minimum absolute atomic E-state index is 0.159. The Morgan fingerprint density at radius 1 is 1.19 bits per heavy atom. The van der Waals surface area contributed by atoms with E-state index in [2.05, 4.69) is 0 Å². The van der Waals surface area contributed by atoms with Gasteiger partial charge in [-0.05, 0) is 31.2 Å². The Balaban J connectivity index is 2.29. The Kier molecular flexibility index (Phi) is 4.76. The number of benzene rings is 2. The standard InChI is InChI=1S/C16H15Cl2NO2/c1-10(12-5-3-4-6-15(12)20)19(2)16(21)13-8-7-11(17)9-14(13)18/h3-10,20H,1-2H3. The average molecular weight is 324 g/mol. The zero-order chi connectivity index (χ0) is 15.6. The molecule has 2 aromatic rings. The molecule has 0 fully saturated rings. The molecule has 1 atom stereocenters. The maximum atomic E-state index is 12.5. The van der Waals surface area contributed by atoms with Crippen LogP contribution in [0.2, 0.25) is 10.0 Å². The predicted octanol–water partition coefficient (Wildman–Crippen LogP) is 4.53. The van der Waals surface area contributed by atoms with Crippen molar-refractivity contribution in [1.29, 1.82) is 0 Å². The van der Waals surface area contributed by atoms with Crippen LogP contribution in [-0.4, -0.2) is 23.0 Å². The third-order valence-corrected chi connectivity index (χ3v) is 4.00. The second-order valence-corrected chi connectivity index (χ2v) is 5.62. The molecule has 1 amide bonds. The molecule has 1 unspecified atom stereocenters. The Bertz CT molecular complexity index is 673. The molecule has 110 valence electrons. The fourth-order valence-corrected chi connectivity index (χ4v) is 2.57. The van der Waals surface area contributed by atoms with E-state index in [4.69, 9.17) is 23.2 Å². The second kappa shape index (κ2) is 6.37. The summed E-state index contributed by atoms with van der Waals surface area (Å²) in [7, 11) is 1.67. The van der Waals surface area contributed by atoms with Crippen LogP contribution in [-0.2, 0) is 0 Å². The van der Waals surface area contributed by atoms with Gasteiger partial charge in [-0.2, -0.15) is 0 Å². The Labute approximate surface area is 133 Å². The van der Waals surface area contributed by atoms with Crippen LogP contribution < -0.4 is 0 Å². The topological polar surface area (TPSA) is 40.5 Å². The van der Waals surface area contributed by atoms with Crippen LogP contribution >= 0.6 is 23.2 Å². The largest absolute Gasteiger partial charge is 0.508 e. The zero-order valence-corrected chi connectivity index (χ0v) is 13.2. The number of hydrogen-bond acceptors (Lipinski definition) is 2. The first kappa shape index (κ1) is 15.7. The van der Waals surface area contributed by atoms with Crippen LogP contribution in [0.3, 0.4) is 0 Å². The predicted molar refractivity (Wildman–Crippen MR) is 85.1 cm³/mol. The SMILES string of the molecule is CC(c1ccccc1O)N(C)C(=O)c1ccc(Cl)cc1Cl. The number of aromatic hydroxyl groups is 1. The van der Waals surface area contributed by atoms with E-state index in [0.717, 1.165) is 0 Å². The van der Waals surface area contributed by atoms with Gasteiger partial charge in [0, 0.05) is 17.6 Å². The van der Waals surface area contributed by atoms with Gasteiger partial charge in [0.05, 0.1) is 16.6 Å². The van der Waals surface area contributed by atoms with Crippen LogP contribution in [0.15, 0.2) is 42.5 Å². The number of halogens is 2. The average Bonchev–Trinajstić information content (AvgIpc) is 2.45. The third-order valence-electron chi connectivity index (χ3n) is 3.45. The highest BCUT2D eigenvalue weighted by Crippen LogP contribution is 2.29. The first-order valence-electron chi connectivity index (χ1n) is 6.42. The van der Waals surface area contributed by atoms with Crippen molar-refractivity contribution in [3.05, 3.63) is 63.6 Å². The van der Waals surface area contributed by atoms with E-state index in [1.165, 1.54) is 11.0 Å². The molecule has 2 aromatic carbocycles.